The van der Waals surface area contributed by atoms with Crippen LogP contribution in [0.2, 0.25) is 0 Å². The molecule has 7 nitrogen and oxygen atoms in total. The molecule has 1 amide bonds. The van der Waals surface area contributed by atoms with E-state index < -0.39 is 6.04 Å². The van der Waals surface area contributed by atoms with Crippen molar-refractivity contribution in [3.05, 3.63) is 95.6 Å². The van der Waals surface area contributed by atoms with Gasteiger partial charge in [-0.05, 0) is 35.7 Å². The zero-order valence-corrected chi connectivity index (χ0v) is 17.8. The molecule has 0 saturated carbocycles. The van der Waals surface area contributed by atoms with Gasteiger partial charge in [-0.1, -0.05) is 60.7 Å². The van der Waals surface area contributed by atoms with Gasteiger partial charge in [-0.25, -0.2) is 16.3 Å². The molecule has 3 aromatic carbocycles. The lowest BCUT2D eigenvalue weighted by Gasteiger charge is -2.16. The van der Waals surface area contributed by atoms with E-state index in [-0.39, 0.29) is 11.9 Å². The van der Waals surface area contributed by atoms with Crippen LogP contribution in [0, 0.1) is 0 Å². The lowest BCUT2D eigenvalue weighted by molar-refractivity contribution is -0.122. The molecule has 0 bridgehead atoms. The number of hydrogen-bond acceptors (Lipinski definition) is 6. The summed E-state index contributed by atoms with van der Waals surface area (Å²) in [7, 11) is 1.61. The molecule has 0 aromatic heterocycles. The molecule has 1 aliphatic rings. The molecule has 2 unspecified atom stereocenters. The number of carbonyl (C=O) groups excluding carboxylic acids is 1. The fourth-order valence-corrected chi connectivity index (χ4v) is 3.54. The standard InChI is InChI=1S/C25H26N4O3/c1-31-20-11-7-10-19(14-20)16-26-29-25(30)23-15-22(27-28-23)21-12-5-6-13-24(21)32-17-18-8-3-2-4-9-18/h2-14,16,22-23,27-28H,15,17H2,1H3,(H,29,30)/b26-16+. The van der Waals surface area contributed by atoms with Crippen molar-refractivity contribution in [2.75, 3.05) is 7.11 Å². The minimum absolute atomic E-state index is 0.0555. The van der Waals surface area contributed by atoms with E-state index in [9.17, 15) is 4.79 Å². The summed E-state index contributed by atoms with van der Waals surface area (Å²) in [4.78, 5) is 12.5. The predicted molar refractivity (Wildman–Crippen MR) is 123 cm³/mol. The van der Waals surface area contributed by atoms with Crippen LogP contribution in [0.1, 0.15) is 29.2 Å². The highest BCUT2D eigenvalue weighted by Crippen LogP contribution is 2.30. The second-order valence-electron chi connectivity index (χ2n) is 7.45. The summed E-state index contributed by atoms with van der Waals surface area (Å²) in [5, 5.41) is 4.07. The lowest BCUT2D eigenvalue weighted by atomic mass is 10.0. The van der Waals surface area contributed by atoms with Crippen molar-refractivity contribution in [1.82, 2.24) is 16.3 Å². The SMILES string of the molecule is COc1cccc(/C=N/NC(=O)C2CC(c3ccccc3OCc3ccccc3)NN2)c1. The molecule has 3 N–H and O–H groups in total. The number of hydrazone groups is 1. The number of ether oxygens (including phenoxy) is 2. The molecule has 0 aliphatic carbocycles. The Kier molecular flexibility index (Phi) is 7.12. The molecule has 7 heteroatoms. The van der Waals surface area contributed by atoms with Gasteiger partial charge < -0.3 is 9.47 Å². The minimum Gasteiger partial charge on any atom is -0.497 e. The number of nitrogens with zero attached hydrogens (tertiary/aromatic N) is 1. The fraction of sp³-hybridized carbons (Fsp3) is 0.200. The number of methoxy groups -OCH3 is 1. The summed E-state index contributed by atoms with van der Waals surface area (Å²) in [6, 6.07) is 24.9. The molecule has 1 saturated heterocycles. The van der Waals surface area contributed by atoms with Crippen molar-refractivity contribution in [3.8, 4) is 11.5 Å². The van der Waals surface area contributed by atoms with Crippen LogP contribution in [0.4, 0.5) is 0 Å². The maximum Gasteiger partial charge on any atom is 0.258 e. The zero-order valence-electron chi connectivity index (χ0n) is 17.8. The van der Waals surface area contributed by atoms with Crippen LogP contribution in [-0.2, 0) is 11.4 Å². The van der Waals surface area contributed by atoms with Gasteiger partial charge in [0.05, 0.1) is 19.4 Å². The Morgan fingerprint density at radius 2 is 1.88 bits per heavy atom. The normalized spacial score (nSPS) is 17.9. The highest BCUT2D eigenvalue weighted by atomic mass is 16.5. The molecule has 4 rings (SSSR count). The lowest BCUT2D eigenvalue weighted by Crippen LogP contribution is -2.41. The summed E-state index contributed by atoms with van der Waals surface area (Å²) >= 11 is 0. The number of para-hydroxylation sites is 1. The van der Waals surface area contributed by atoms with Gasteiger partial charge in [0, 0.05) is 5.56 Å². The summed E-state index contributed by atoms with van der Waals surface area (Å²) in [6.45, 7) is 0.487. The van der Waals surface area contributed by atoms with Crippen molar-refractivity contribution >= 4 is 12.1 Å². The molecule has 164 valence electrons. The van der Waals surface area contributed by atoms with Gasteiger partial charge in [-0.15, -0.1) is 0 Å². The van der Waals surface area contributed by atoms with Gasteiger partial charge in [0.1, 0.15) is 24.1 Å². The maximum absolute atomic E-state index is 12.5. The average molecular weight is 431 g/mol. The fourth-order valence-electron chi connectivity index (χ4n) is 3.54. The number of rotatable bonds is 8. The summed E-state index contributed by atoms with van der Waals surface area (Å²) in [6.07, 6.45) is 2.17. The summed E-state index contributed by atoms with van der Waals surface area (Å²) in [5.74, 6) is 1.33. The third kappa shape index (κ3) is 5.51. The summed E-state index contributed by atoms with van der Waals surface area (Å²) in [5.41, 5.74) is 11.8. The first-order chi connectivity index (χ1) is 15.7. The largest absolute Gasteiger partial charge is 0.497 e. The van der Waals surface area contributed by atoms with Gasteiger partial charge in [0.2, 0.25) is 0 Å². The van der Waals surface area contributed by atoms with Gasteiger partial charge in [-0.2, -0.15) is 5.10 Å². The van der Waals surface area contributed by atoms with Crippen LogP contribution in [-0.4, -0.2) is 25.3 Å². The highest BCUT2D eigenvalue weighted by Gasteiger charge is 2.31. The van der Waals surface area contributed by atoms with Crippen LogP contribution >= 0.6 is 0 Å². The van der Waals surface area contributed by atoms with Gasteiger partial charge in [-0.3, -0.25) is 4.79 Å². The van der Waals surface area contributed by atoms with Gasteiger partial charge in [0.15, 0.2) is 0 Å². The van der Waals surface area contributed by atoms with Crippen LogP contribution in [0.15, 0.2) is 84.0 Å². The van der Waals surface area contributed by atoms with Crippen molar-refractivity contribution in [1.29, 1.82) is 0 Å². The van der Waals surface area contributed by atoms with Crippen molar-refractivity contribution in [2.24, 2.45) is 5.10 Å². The number of hydrogen-bond donors (Lipinski definition) is 3. The Bertz CT molecular complexity index is 1070. The number of nitrogens with one attached hydrogen (secondary N) is 3. The monoisotopic (exact) mass is 430 g/mol. The highest BCUT2D eigenvalue weighted by molar-refractivity contribution is 5.85. The third-order valence-corrected chi connectivity index (χ3v) is 5.23. The van der Waals surface area contributed by atoms with Crippen LogP contribution in [0.3, 0.4) is 0 Å². The van der Waals surface area contributed by atoms with E-state index in [0.717, 1.165) is 28.2 Å². The maximum atomic E-state index is 12.5. The molecular formula is C25H26N4O3. The first-order valence-electron chi connectivity index (χ1n) is 10.5. The predicted octanol–water partition coefficient (Wildman–Crippen LogP) is 3.33. The van der Waals surface area contributed by atoms with E-state index in [4.69, 9.17) is 9.47 Å². The topological polar surface area (TPSA) is 84.0 Å². The van der Waals surface area contributed by atoms with Crippen LogP contribution < -0.4 is 25.8 Å². The number of hydrazine groups is 1. The van der Waals surface area contributed by atoms with E-state index in [1.165, 1.54) is 0 Å². The number of carbonyl (C=O) groups is 1. The molecule has 1 fully saturated rings. The van der Waals surface area contributed by atoms with Crippen LogP contribution in [0.5, 0.6) is 11.5 Å². The Morgan fingerprint density at radius 1 is 1.06 bits per heavy atom. The Labute approximate surface area is 187 Å². The van der Waals surface area contributed by atoms with E-state index in [2.05, 4.69) is 21.4 Å². The van der Waals surface area contributed by atoms with E-state index in [1.807, 2.05) is 78.9 Å². The Balaban J connectivity index is 1.34. The Morgan fingerprint density at radius 3 is 2.72 bits per heavy atom. The molecule has 2 atom stereocenters. The quantitative estimate of drug-likeness (QED) is 0.377. The van der Waals surface area contributed by atoms with Crippen molar-refractivity contribution < 1.29 is 14.3 Å². The smallest absolute Gasteiger partial charge is 0.258 e. The van der Waals surface area contributed by atoms with Gasteiger partial charge in [0.25, 0.3) is 5.91 Å². The molecule has 32 heavy (non-hydrogen) atoms. The van der Waals surface area contributed by atoms with Crippen LogP contribution in [0.25, 0.3) is 0 Å². The molecule has 0 spiro atoms. The van der Waals surface area contributed by atoms with Crippen molar-refractivity contribution in [3.63, 3.8) is 0 Å². The summed E-state index contributed by atoms with van der Waals surface area (Å²) < 4.78 is 11.3. The van der Waals surface area contributed by atoms with E-state index >= 15 is 0 Å². The first kappa shape index (κ1) is 21.5. The molecule has 0 radical (unpaired) electrons. The number of amides is 1. The van der Waals surface area contributed by atoms with Gasteiger partial charge >= 0.3 is 0 Å². The second-order valence-corrected chi connectivity index (χ2v) is 7.45. The van der Waals surface area contributed by atoms with Crippen molar-refractivity contribution in [2.45, 2.75) is 25.1 Å². The first-order valence-corrected chi connectivity index (χ1v) is 10.5. The molecule has 1 heterocycles. The zero-order chi connectivity index (χ0) is 22.2. The van der Waals surface area contributed by atoms with E-state index in [0.29, 0.717) is 13.0 Å². The Hall–Kier alpha value is -3.68. The molecule has 3 aromatic rings. The second kappa shape index (κ2) is 10.6. The minimum atomic E-state index is -0.412. The molecular weight excluding hydrogens is 404 g/mol. The molecule has 1 aliphatic heterocycles. The van der Waals surface area contributed by atoms with E-state index in [1.54, 1.807) is 13.3 Å². The third-order valence-electron chi connectivity index (χ3n) is 5.23. The number of benzene rings is 3. The average Bonchev–Trinajstić information content (AvgIpc) is 3.34.